The molecule has 1 aliphatic heterocycles. The highest BCUT2D eigenvalue weighted by Gasteiger charge is 2.17. The largest absolute Gasteiger partial charge is 0.482 e. The Bertz CT molecular complexity index is 998. The molecule has 29 heavy (non-hydrogen) atoms. The monoisotopic (exact) mass is 442 g/mol. The van der Waals surface area contributed by atoms with Crippen molar-refractivity contribution in [2.24, 2.45) is 0 Å². The number of amides is 1. The van der Waals surface area contributed by atoms with Gasteiger partial charge in [-0.15, -0.1) is 0 Å². The zero-order chi connectivity index (χ0) is 20.9. The SMILES string of the molecule is COCCNS(=O)(=O)c1ccc(OCC(=O)Nc2ccc3c(c2)OCO3)c(Cl)c1. The molecule has 156 valence electrons. The molecule has 3 rings (SSSR count). The number of fused-ring (bicyclic) bond motifs is 1. The normalized spacial score (nSPS) is 12.6. The molecule has 0 saturated heterocycles. The molecule has 0 aromatic heterocycles. The van der Waals surface area contributed by atoms with Crippen molar-refractivity contribution in [2.75, 3.05) is 39.0 Å². The Hall–Kier alpha value is -2.53. The van der Waals surface area contributed by atoms with Crippen LogP contribution >= 0.6 is 11.6 Å². The number of anilines is 1. The van der Waals surface area contributed by atoms with Crippen LogP contribution in [-0.4, -0.2) is 48.0 Å². The first-order valence-electron chi connectivity index (χ1n) is 8.49. The number of halogens is 1. The minimum atomic E-state index is -3.72. The number of ether oxygens (including phenoxy) is 4. The van der Waals surface area contributed by atoms with E-state index in [1.165, 1.54) is 25.3 Å². The summed E-state index contributed by atoms with van der Waals surface area (Å²) in [6.07, 6.45) is 0. The number of rotatable bonds is 9. The Morgan fingerprint density at radius 3 is 2.72 bits per heavy atom. The number of nitrogens with one attached hydrogen (secondary N) is 2. The van der Waals surface area contributed by atoms with Crippen LogP contribution in [0.25, 0.3) is 0 Å². The van der Waals surface area contributed by atoms with Gasteiger partial charge in [0, 0.05) is 25.4 Å². The molecule has 0 fully saturated rings. The van der Waals surface area contributed by atoms with Gasteiger partial charge in [0.15, 0.2) is 18.1 Å². The quantitative estimate of drug-likeness (QED) is 0.571. The predicted molar refractivity (Wildman–Crippen MR) is 105 cm³/mol. The minimum Gasteiger partial charge on any atom is -0.482 e. The standard InChI is InChI=1S/C18H19ClN2O7S/c1-25-7-6-20-29(23,24)13-3-5-15(14(19)9-13)26-10-18(22)21-12-2-4-16-17(8-12)28-11-27-16/h2-5,8-9,20H,6-7,10-11H2,1H3,(H,21,22). The summed E-state index contributed by atoms with van der Waals surface area (Å²) in [5.74, 6) is 0.918. The van der Waals surface area contributed by atoms with Crippen LogP contribution in [0.3, 0.4) is 0 Å². The Morgan fingerprint density at radius 1 is 1.17 bits per heavy atom. The van der Waals surface area contributed by atoms with Crippen molar-refractivity contribution < 1.29 is 32.2 Å². The molecule has 1 amide bonds. The summed E-state index contributed by atoms with van der Waals surface area (Å²) in [5.41, 5.74) is 0.525. The van der Waals surface area contributed by atoms with Crippen molar-refractivity contribution in [1.82, 2.24) is 4.72 Å². The van der Waals surface area contributed by atoms with E-state index in [4.69, 9.17) is 30.5 Å². The molecular weight excluding hydrogens is 424 g/mol. The predicted octanol–water partition coefficient (Wildman–Crippen LogP) is 2.01. The van der Waals surface area contributed by atoms with Gasteiger partial charge < -0.3 is 24.3 Å². The van der Waals surface area contributed by atoms with Gasteiger partial charge in [-0.05, 0) is 30.3 Å². The van der Waals surface area contributed by atoms with Gasteiger partial charge in [0.2, 0.25) is 16.8 Å². The van der Waals surface area contributed by atoms with E-state index in [2.05, 4.69) is 10.0 Å². The second-order valence-corrected chi connectivity index (χ2v) is 8.06. The molecule has 9 nitrogen and oxygen atoms in total. The van der Waals surface area contributed by atoms with Crippen molar-refractivity contribution in [3.8, 4) is 17.2 Å². The number of methoxy groups -OCH3 is 1. The lowest BCUT2D eigenvalue weighted by molar-refractivity contribution is -0.118. The van der Waals surface area contributed by atoms with Crippen LogP contribution in [-0.2, 0) is 19.6 Å². The fraction of sp³-hybridized carbons (Fsp3) is 0.278. The van der Waals surface area contributed by atoms with Gasteiger partial charge in [-0.2, -0.15) is 0 Å². The Balaban J connectivity index is 1.57. The Labute approximate surface area is 172 Å². The molecule has 0 bridgehead atoms. The summed E-state index contributed by atoms with van der Waals surface area (Å²) in [5, 5.41) is 2.73. The van der Waals surface area contributed by atoms with E-state index in [9.17, 15) is 13.2 Å². The van der Waals surface area contributed by atoms with E-state index in [1.54, 1.807) is 18.2 Å². The third kappa shape index (κ3) is 5.51. The molecule has 0 spiro atoms. The summed E-state index contributed by atoms with van der Waals surface area (Å²) in [7, 11) is -2.25. The summed E-state index contributed by atoms with van der Waals surface area (Å²) < 4.78 is 47.4. The van der Waals surface area contributed by atoms with Crippen molar-refractivity contribution in [2.45, 2.75) is 4.90 Å². The van der Waals surface area contributed by atoms with Gasteiger partial charge in [-0.3, -0.25) is 4.79 Å². The first kappa shape index (κ1) is 21.2. The van der Waals surface area contributed by atoms with Crippen LogP contribution in [0.15, 0.2) is 41.3 Å². The topological polar surface area (TPSA) is 112 Å². The van der Waals surface area contributed by atoms with E-state index in [0.717, 1.165) is 0 Å². The minimum absolute atomic E-state index is 0.0178. The van der Waals surface area contributed by atoms with Crippen LogP contribution in [0.5, 0.6) is 17.2 Å². The van der Waals surface area contributed by atoms with Gasteiger partial charge in [-0.1, -0.05) is 11.6 Å². The Kier molecular flexibility index (Phi) is 6.80. The molecule has 0 atom stereocenters. The van der Waals surface area contributed by atoms with Crippen LogP contribution in [0.2, 0.25) is 5.02 Å². The molecule has 0 aliphatic carbocycles. The summed E-state index contributed by atoms with van der Waals surface area (Å²) in [6, 6.07) is 8.99. The van der Waals surface area contributed by atoms with Crippen molar-refractivity contribution in [3.63, 3.8) is 0 Å². The molecule has 11 heteroatoms. The molecule has 2 aromatic rings. The number of carbonyl (C=O) groups excluding carboxylic acids is 1. The van der Waals surface area contributed by atoms with Gasteiger partial charge in [0.1, 0.15) is 5.75 Å². The van der Waals surface area contributed by atoms with Crippen LogP contribution in [0.1, 0.15) is 0 Å². The van der Waals surface area contributed by atoms with E-state index in [1.807, 2.05) is 0 Å². The highest BCUT2D eigenvalue weighted by atomic mass is 35.5. The number of sulfonamides is 1. The molecule has 0 saturated carbocycles. The van der Waals surface area contributed by atoms with Gasteiger partial charge in [-0.25, -0.2) is 13.1 Å². The number of hydrogen-bond acceptors (Lipinski definition) is 7. The zero-order valence-electron chi connectivity index (χ0n) is 15.4. The van der Waals surface area contributed by atoms with Crippen LogP contribution in [0.4, 0.5) is 5.69 Å². The van der Waals surface area contributed by atoms with Crippen LogP contribution < -0.4 is 24.2 Å². The summed E-state index contributed by atoms with van der Waals surface area (Å²) in [6.45, 7) is 0.204. The second-order valence-electron chi connectivity index (χ2n) is 5.89. The molecular formula is C18H19ClN2O7S. The van der Waals surface area contributed by atoms with E-state index >= 15 is 0 Å². The smallest absolute Gasteiger partial charge is 0.262 e. The Morgan fingerprint density at radius 2 is 1.97 bits per heavy atom. The molecule has 1 aliphatic rings. The third-order valence-corrected chi connectivity index (χ3v) is 5.58. The third-order valence-electron chi connectivity index (χ3n) is 3.83. The maximum absolute atomic E-state index is 12.2. The fourth-order valence-corrected chi connectivity index (χ4v) is 3.78. The second kappa shape index (κ2) is 9.31. The lowest BCUT2D eigenvalue weighted by Gasteiger charge is -2.11. The van der Waals surface area contributed by atoms with Gasteiger partial charge >= 0.3 is 0 Å². The lowest BCUT2D eigenvalue weighted by atomic mass is 10.3. The average molecular weight is 443 g/mol. The molecule has 0 unspecified atom stereocenters. The molecule has 2 N–H and O–H groups in total. The molecule has 2 aromatic carbocycles. The first-order chi connectivity index (χ1) is 13.9. The van der Waals surface area contributed by atoms with Gasteiger partial charge in [0.05, 0.1) is 16.5 Å². The lowest BCUT2D eigenvalue weighted by Crippen LogP contribution is -2.27. The fourth-order valence-electron chi connectivity index (χ4n) is 2.44. The summed E-state index contributed by atoms with van der Waals surface area (Å²) in [4.78, 5) is 12.1. The van der Waals surface area contributed by atoms with E-state index in [-0.39, 0.29) is 42.2 Å². The maximum atomic E-state index is 12.2. The molecule has 1 heterocycles. The number of hydrogen-bond donors (Lipinski definition) is 2. The molecule has 0 radical (unpaired) electrons. The van der Waals surface area contributed by atoms with Crippen molar-refractivity contribution >= 4 is 33.2 Å². The van der Waals surface area contributed by atoms with E-state index in [0.29, 0.717) is 17.2 Å². The van der Waals surface area contributed by atoms with Crippen LogP contribution in [0, 0.1) is 0 Å². The maximum Gasteiger partial charge on any atom is 0.262 e. The average Bonchev–Trinajstić information content (AvgIpc) is 3.15. The highest BCUT2D eigenvalue weighted by molar-refractivity contribution is 7.89. The summed E-state index contributed by atoms with van der Waals surface area (Å²) >= 11 is 6.10. The van der Waals surface area contributed by atoms with Gasteiger partial charge in [0.25, 0.3) is 5.91 Å². The van der Waals surface area contributed by atoms with E-state index < -0.39 is 15.9 Å². The highest BCUT2D eigenvalue weighted by Crippen LogP contribution is 2.34. The number of carbonyl (C=O) groups is 1. The van der Waals surface area contributed by atoms with Crippen molar-refractivity contribution in [1.29, 1.82) is 0 Å². The van der Waals surface area contributed by atoms with Crippen molar-refractivity contribution in [3.05, 3.63) is 41.4 Å². The number of benzene rings is 2. The first-order valence-corrected chi connectivity index (χ1v) is 10.4. The zero-order valence-corrected chi connectivity index (χ0v) is 17.0.